The molecule has 0 aliphatic heterocycles. The van der Waals surface area contributed by atoms with Crippen molar-refractivity contribution >= 4 is 21.6 Å². The average molecular weight is 481 g/mol. The number of benzene rings is 3. The van der Waals surface area contributed by atoms with E-state index in [2.05, 4.69) is 12.2 Å². The number of nitrogens with zero attached hydrogens (tertiary/aromatic N) is 1. The van der Waals surface area contributed by atoms with Gasteiger partial charge in [-0.15, -0.1) is 0 Å². The summed E-state index contributed by atoms with van der Waals surface area (Å²) in [5.74, 6) is 0.520. The Balaban J connectivity index is 1.65. The minimum Gasteiger partial charge on any atom is -0.493 e. The van der Waals surface area contributed by atoms with E-state index >= 15 is 0 Å². The second kappa shape index (κ2) is 12.2. The van der Waals surface area contributed by atoms with E-state index in [9.17, 15) is 13.2 Å². The molecular formula is C27H32N2O4S. The lowest BCUT2D eigenvalue weighted by Gasteiger charge is -2.24. The Morgan fingerprint density at radius 1 is 0.971 bits per heavy atom. The molecule has 0 bridgehead atoms. The molecule has 6 nitrogen and oxygen atoms in total. The predicted octanol–water partition coefficient (Wildman–Crippen LogP) is 4.73. The molecule has 34 heavy (non-hydrogen) atoms. The van der Waals surface area contributed by atoms with Gasteiger partial charge in [0, 0.05) is 6.54 Å². The van der Waals surface area contributed by atoms with Gasteiger partial charge in [-0.3, -0.25) is 9.10 Å². The summed E-state index contributed by atoms with van der Waals surface area (Å²) >= 11 is 0. The molecule has 0 unspecified atom stereocenters. The van der Waals surface area contributed by atoms with Gasteiger partial charge in [0.1, 0.15) is 12.3 Å². The number of rotatable bonds is 12. The first-order chi connectivity index (χ1) is 16.4. The van der Waals surface area contributed by atoms with Gasteiger partial charge in [-0.25, -0.2) is 8.42 Å². The summed E-state index contributed by atoms with van der Waals surface area (Å²) in [6.45, 7) is 4.76. The van der Waals surface area contributed by atoms with Gasteiger partial charge in [0.2, 0.25) is 5.91 Å². The van der Waals surface area contributed by atoms with Gasteiger partial charge in [0.05, 0.1) is 17.2 Å². The van der Waals surface area contributed by atoms with Crippen LogP contribution in [0, 0.1) is 6.92 Å². The molecule has 1 amide bonds. The van der Waals surface area contributed by atoms with Crippen LogP contribution in [-0.2, 0) is 21.2 Å². The molecule has 0 aromatic heterocycles. The smallest absolute Gasteiger partial charge is 0.264 e. The summed E-state index contributed by atoms with van der Waals surface area (Å²) in [4.78, 5) is 12.9. The van der Waals surface area contributed by atoms with Crippen molar-refractivity contribution in [3.8, 4) is 5.75 Å². The van der Waals surface area contributed by atoms with Crippen LogP contribution in [0.2, 0.25) is 0 Å². The fraction of sp³-hybridized carbons (Fsp3) is 0.296. The third-order valence-electron chi connectivity index (χ3n) is 5.29. The lowest BCUT2D eigenvalue weighted by atomic mass is 10.1. The van der Waals surface area contributed by atoms with Crippen molar-refractivity contribution in [1.29, 1.82) is 0 Å². The van der Waals surface area contributed by atoms with E-state index in [-0.39, 0.29) is 17.3 Å². The summed E-state index contributed by atoms with van der Waals surface area (Å²) in [5.41, 5.74) is 2.47. The molecule has 0 spiro atoms. The zero-order chi connectivity index (χ0) is 24.4. The number of aryl methyl sites for hydroxylation is 2. The first-order valence-electron chi connectivity index (χ1n) is 11.5. The van der Waals surface area contributed by atoms with E-state index in [4.69, 9.17) is 4.74 Å². The van der Waals surface area contributed by atoms with Gasteiger partial charge in [-0.2, -0.15) is 0 Å². The molecule has 180 valence electrons. The van der Waals surface area contributed by atoms with E-state index in [1.54, 1.807) is 36.4 Å². The fourth-order valence-electron chi connectivity index (χ4n) is 3.57. The minimum atomic E-state index is -3.90. The van der Waals surface area contributed by atoms with Crippen LogP contribution in [-0.4, -0.2) is 34.0 Å². The maximum atomic E-state index is 13.4. The van der Waals surface area contributed by atoms with E-state index in [0.717, 1.165) is 29.7 Å². The zero-order valence-electron chi connectivity index (χ0n) is 19.7. The highest BCUT2D eigenvalue weighted by Crippen LogP contribution is 2.24. The Labute approximate surface area is 202 Å². The fourth-order valence-corrected chi connectivity index (χ4v) is 5.01. The van der Waals surface area contributed by atoms with Crippen molar-refractivity contribution in [3.63, 3.8) is 0 Å². The lowest BCUT2D eigenvalue weighted by Crippen LogP contribution is -2.41. The third kappa shape index (κ3) is 6.84. The molecule has 0 heterocycles. The average Bonchev–Trinajstić information content (AvgIpc) is 2.85. The molecule has 0 aliphatic rings. The van der Waals surface area contributed by atoms with Crippen molar-refractivity contribution in [2.75, 3.05) is 24.0 Å². The van der Waals surface area contributed by atoms with Crippen LogP contribution in [0.4, 0.5) is 5.69 Å². The van der Waals surface area contributed by atoms with Crippen molar-refractivity contribution in [2.24, 2.45) is 0 Å². The minimum absolute atomic E-state index is 0.146. The first kappa shape index (κ1) is 25.3. The number of sulfonamides is 1. The number of anilines is 1. The molecular weight excluding hydrogens is 448 g/mol. The number of ether oxygens (including phenoxy) is 1. The quantitative estimate of drug-likeness (QED) is 0.380. The molecule has 7 heteroatoms. The number of nitrogens with one attached hydrogen (secondary N) is 1. The second-order valence-electron chi connectivity index (χ2n) is 8.07. The Morgan fingerprint density at radius 2 is 1.71 bits per heavy atom. The van der Waals surface area contributed by atoms with Crippen LogP contribution in [0.25, 0.3) is 0 Å². The van der Waals surface area contributed by atoms with E-state index < -0.39 is 10.0 Å². The highest BCUT2D eigenvalue weighted by molar-refractivity contribution is 7.92. The van der Waals surface area contributed by atoms with Crippen molar-refractivity contribution in [2.45, 2.75) is 38.0 Å². The van der Waals surface area contributed by atoms with Gasteiger partial charge in [-0.1, -0.05) is 55.5 Å². The topological polar surface area (TPSA) is 75.7 Å². The van der Waals surface area contributed by atoms with Crippen LogP contribution < -0.4 is 14.4 Å². The molecule has 0 fully saturated rings. The van der Waals surface area contributed by atoms with E-state index in [0.29, 0.717) is 25.3 Å². The maximum Gasteiger partial charge on any atom is 0.264 e. The first-order valence-corrected chi connectivity index (χ1v) is 13.0. The number of para-hydroxylation sites is 1. The molecule has 3 aromatic rings. The molecule has 3 rings (SSSR count). The summed E-state index contributed by atoms with van der Waals surface area (Å²) in [6, 6.07) is 23.2. The predicted molar refractivity (Wildman–Crippen MR) is 136 cm³/mol. The molecule has 0 saturated carbocycles. The lowest BCUT2D eigenvalue weighted by molar-refractivity contribution is -0.119. The van der Waals surface area contributed by atoms with Gasteiger partial charge in [0.25, 0.3) is 10.0 Å². The van der Waals surface area contributed by atoms with Crippen LogP contribution in [0.15, 0.2) is 83.8 Å². The molecule has 3 aromatic carbocycles. The summed E-state index contributed by atoms with van der Waals surface area (Å²) in [5, 5.41) is 2.87. The van der Waals surface area contributed by atoms with Gasteiger partial charge in [-0.05, 0) is 67.6 Å². The van der Waals surface area contributed by atoms with Crippen molar-refractivity contribution < 1.29 is 17.9 Å². The van der Waals surface area contributed by atoms with E-state index in [1.165, 1.54) is 16.4 Å². The largest absolute Gasteiger partial charge is 0.493 e. The summed E-state index contributed by atoms with van der Waals surface area (Å²) in [7, 11) is -3.90. The number of hydrogen-bond acceptors (Lipinski definition) is 4. The van der Waals surface area contributed by atoms with Crippen LogP contribution in [0.1, 0.15) is 30.9 Å². The monoisotopic (exact) mass is 480 g/mol. The Hall–Kier alpha value is -3.32. The zero-order valence-corrected chi connectivity index (χ0v) is 20.6. The van der Waals surface area contributed by atoms with Crippen LogP contribution in [0.5, 0.6) is 5.75 Å². The van der Waals surface area contributed by atoms with Gasteiger partial charge in [0.15, 0.2) is 0 Å². The molecule has 0 atom stereocenters. The van der Waals surface area contributed by atoms with Crippen molar-refractivity contribution in [1.82, 2.24) is 5.32 Å². The standard InChI is InChI=1S/C27H32N2O4S/c1-3-19-33-26-17-8-7-12-23(26)13-10-18-28-27(30)21-29(24-14-9-11-22(2)20-24)34(31,32)25-15-5-4-6-16-25/h4-9,11-12,14-17,20H,3,10,13,18-19,21H2,1-2H3,(H,28,30). The number of carbonyl (C=O) groups is 1. The maximum absolute atomic E-state index is 13.4. The Bertz CT molecular complexity index is 1180. The number of carbonyl (C=O) groups excluding carboxylic acids is 1. The second-order valence-corrected chi connectivity index (χ2v) is 9.94. The van der Waals surface area contributed by atoms with Crippen LogP contribution >= 0.6 is 0 Å². The molecule has 0 saturated heterocycles. The highest BCUT2D eigenvalue weighted by Gasteiger charge is 2.27. The summed E-state index contributed by atoms with van der Waals surface area (Å²) in [6.07, 6.45) is 2.41. The Morgan fingerprint density at radius 3 is 2.44 bits per heavy atom. The SMILES string of the molecule is CCCOc1ccccc1CCCNC(=O)CN(c1cccc(C)c1)S(=O)(=O)c1ccccc1. The molecule has 1 N–H and O–H groups in total. The van der Waals surface area contributed by atoms with E-state index in [1.807, 2.05) is 37.3 Å². The summed E-state index contributed by atoms with van der Waals surface area (Å²) < 4.78 is 33.7. The molecule has 0 aliphatic carbocycles. The normalized spacial score (nSPS) is 11.1. The number of hydrogen-bond donors (Lipinski definition) is 1. The highest BCUT2D eigenvalue weighted by atomic mass is 32.2. The van der Waals surface area contributed by atoms with Crippen molar-refractivity contribution in [3.05, 3.63) is 90.0 Å². The van der Waals surface area contributed by atoms with Gasteiger partial charge < -0.3 is 10.1 Å². The Kier molecular flexibility index (Phi) is 9.10. The van der Waals surface area contributed by atoms with Gasteiger partial charge >= 0.3 is 0 Å². The third-order valence-corrected chi connectivity index (χ3v) is 7.08. The number of amides is 1. The van der Waals surface area contributed by atoms with Crippen LogP contribution in [0.3, 0.4) is 0 Å². The molecule has 0 radical (unpaired) electrons.